The summed E-state index contributed by atoms with van der Waals surface area (Å²) in [6, 6.07) is 0. The van der Waals surface area contributed by atoms with Gasteiger partial charge in [-0.15, -0.1) is 0 Å². The number of aliphatic hydroxyl groups is 1. The molecule has 3 aliphatic carbocycles. The van der Waals surface area contributed by atoms with Gasteiger partial charge in [0, 0.05) is 12.8 Å². The summed E-state index contributed by atoms with van der Waals surface area (Å²) >= 11 is 0. The summed E-state index contributed by atoms with van der Waals surface area (Å²) in [6.07, 6.45) is 2.72. The molecule has 3 aliphatic rings. The first kappa shape index (κ1) is 8.05. The smallest absolute Gasteiger partial charge is 0.302 e. The van der Waals surface area contributed by atoms with Crippen LogP contribution in [0.25, 0.3) is 0 Å². The Hall–Kier alpha value is -0.570. The molecule has 68 valence electrons. The Kier molecular flexibility index (Phi) is 1.83. The highest BCUT2D eigenvalue weighted by atomic mass is 16.5. The number of carbonyl (C=O) groups is 1. The lowest BCUT2D eigenvalue weighted by Crippen LogP contribution is -2.54. The fourth-order valence-electron chi connectivity index (χ4n) is 2.40. The zero-order valence-electron chi connectivity index (χ0n) is 7.19. The van der Waals surface area contributed by atoms with Gasteiger partial charge in [-0.25, -0.2) is 0 Å². The second-order valence-corrected chi connectivity index (χ2v) is 3.88. The minimum absolute atomic E-state index is 0.0197. The molecular weight excluding hydrogens is 156 g/mol. The first-order valence-corrected chi connectivity index (χ1v) is 4.54. The number of carbonyl (C=O) groups excluding carboxylic acids is 1. The van der Waals surface area contributed by atoms with E-state index in [1.807, 2.05) is 0 Å². The second-order valence-electron chi connectivity index (χ2n) is 3.88. The average molecular weight is 170 g/mol. The van der Waals surface area contributed by atoms with Crippen LogP contribution >= 0.6 is 0 Å². The second kappa shape index (κ2) is 2.73. The predicted octanol–water partition coefficient (Wildman–Crippen LogP) is 0.709. The van der Waals surface area contributed by atoms with Crippen LogP contribution in [0.3, 0.4) is 0 Å². The number of hydrogen-bond acceptors (Lipinski definition) is 3. The van der Waals surface area contributed by atoms with Crippen LogP contribution in [0.4, 0.5) is 0 Å². The van der Waals surface area contributed by atoms with Crippen LogP contribution in [0.1, 0.15) is 26.2 Å². The monoisotopic (exact) mass is 170 g/mol. The standard InChI is InChI=1S/C9H14O3/c1-5(10)12-9-6-2-3-8(11)7(9)4-6/h6-9,11H,2-4H2,1H3/t6-,7-,8+,9+/m0/s1. The summed E-state index contributed by atoms with van der Waals surface area (Å²) < 4.78 is 5.12. The maximum Gasteiger partial charge on any atom is 0.302 e. The molecule has 0 saturated heterocycles. The van der Waals surface area contributed by atoms with Gasteiger partial charge in [0.15, 0.2) is 0 Å². The zero-order chi connectivity index (χ0) is 8.72. The maximum atomic E-state index is 10.7. The molecule has 0 spiro atoms. The summed E-state index contributed by atoms with van der Waals surface area (Å²) in [5.74, 6) is 0.541. The minimum Gasteiger partial charge on any atom is -0.462 e. The third-order valence-corrected chi connectivity index (χ3v) is 3.09. The first-order chi connectivity index (χ1) is 5.68. The largest absolute Gasteiger partial charge is 0.462 e. The van der Waals surface area contributed by atoms with Crippen molar-refractivity contribution in [1.29, 1.82) is 0 Å². The number of hydrogen-bond donors (Lipinski definition) is 1. The van der Waals surface area contributed by atoms with Gasteiger partial charge >= 0.3 is 5.97 Å². The Labute approximate surface area is 71.7 Å². The maximum absolute atomic E-state index is 10.7. The van der Waals surface area contributed by atoms with E-state index < -0.39 is 0 Å². The van der Waals surface area contributed by atoms with Crippen LogP contribution in [0, 0.1) is 11.8 Å². The lowest BCUT2D eigenvalue weighted by molar-refractivity contribution is -0.184. The first-order valence-electron chi connectivity index (χ1n) is 4.54. The van der Waals surface area contributed by atoms with Gasteiger partial charge in [0.1, 0.15) is 6.10 Å². The predicted molar refractivity (Wildman–Crippen MR) is 42.4 cm³/mol. The third-order valence-electron chi connectivity index (χ3n) is 3.09. The molecule has 4 atom stereocenters. The van der Waals surface area contributed by atoms with Gasteiger partial charge in [-0.2, -0.15) is 0 Å². The number of aliphatic hydroxyl groups excluding tert-OH is 1. The molecule has 0 heterocycles. The molecule has 0 aromatic rings. The van der Waals surface area contributed by atoms with Crippen molar-refractivity contribution in [3.63, 3.8) is 0 Å². The van der Waals surface area contributed by atoms with Crippen molar-refractivity contribution < 1.29 is 14.6 Å². The van der Waals surface area contributed by atoms with Crippen LogP contribution in [0.2, 0.25) is 0 Å². The summed E-state index contributed by atoms with van der Waals surface area (Å²) in [5.41, 5.74) is 0. The van der Waals surface area contributed by atoms with Crippen LogP contribution in [-0.2, 0) is 9.53 Å². The molecule has 1 N–H and O–H groups in total. The van der Waals surface area contributed by atoms with Gasteiger partial charge < -0.3 is 9.84 Å². The molecule has 3 saturated carbocycles. The normalized spacial score (nSPS) is 44.8. The van der Waals surface area contributed by atoms with E-state index >= 15 is 0 Å². The van der Waals surface area contributed by atoms with E-state index in [0.29, 0.717) is 5.92 Å². The Balaban J connectivity index is 1.96. The van der Waals surface area contributed by atoms with E-state index in [1.165, 1.54) is 6.92 Å². The number of esters is 1. The Bertz CT molecular complexity index is 200. The van der Waals surface area contributed by atoms with Crippen LogP contribution < -0.4 is 0 Å². The summed E-state index contributed by atoms with van der Waals surface area (Å²) in [5, 5.41) is 9.51. The fraction of sp³-hybridized carbons (Fsp3) is 0.889. The molecule has 0 aromatic heterocycles. The van der Waals surface area contributed by atoms with Gasteiger partial charge in [0.25, 0.3) is 0 Å². The van der Waals surface area contributed by atoms with E-state index in [4.69, 9.17) is 4.74 Å². The van der Waals surface area contributed by atoms with Gasteiger partial charge in [-0.3, -0.25) is 4.79 Å². The molecule has 12 heavy (non-hydrogen) atoms. The topological polar surface area (TPSA) is 46.5 Å². The molecule has 0 unspecified atom stereocenters. The molecule has 3 nitrogen and oxygen atoms in total. The van der Waals surface area contributed by atoms with Crippen LogP contribution in [-0.4, -0.2) is 23.3 Å². The molecule has 3 heteroatoms. The number of ether oxygens (including phenoxy) is 1. The lowest BCUT2D eigenvalue weighted by atomic mass is 9.61. The summed E-state index contributed by atoms with van der Waals surface area (Å²) in [4.78, 5) is 10.7. The highest BCUT2D eigenvalue weighted by Gasteiger charge is 2.50. The molecular formula is C9H14O3. The van der Waals surface area contributed by atoms with Crippen molar-refractivity contribution in [3.8, 4) is 0 Å². The van der Waals surface area contributed by atoms with E-state index in [9.17, 15) is 9.90 Å². The van der Waals surface area contributed by atoms with Crippen molar-refractivity contribution in [2.45, 2.75) is 38.4 Å². The highest BCUT2D eigenvalue weighted by molar-refractivity contribution is 5.66. The fourth-order valence-corrected chi connectivity index (χ4v) is 2.40. The van der Waals surface area contributed by atoms with Crippen molar-refractivity contribution in [3.05, 3.63) is 0 Å². The van der Waals surface area contributed by atoms with E-state index in [0.717, 1.165) is 19.3 Å². The molecule has 0 radical (unpaired) electrons. The van der Waals surface area contributed by atoms with Gasteiger partial charge in [-0.1, -0.05) is 0 Å². The zero-order valence-corrected chi connectivity index (χ0v) is 7.19. The van der Waals surface area contributed by atoms with E-state index in [-0.39, 0.29) is 24.1 Å². The van der Waals surface area contributed by atoms with Gasteiger partial charge in [0.2, 0.25) is 0 Å². The van der Waals surface area contributed by atoms with E-state index in [2.05, 4.69) is 0 Å². The molecule has 0 aromatic carbocycles. The molecule has 0 amide bonds. The van der Waals surface area contributed by atoms with Gasteiger partial charge in [-0.05, 0) is 25.2 Å². The third kappa shape index (κ3) is 1.12. The van der Waals surface area contributed by atoms with Crippen molar-refractivity contribution in [2.24, 2.45) is 11.8 Å². The molecule has 2 bridgehead atoms. The van der Waals surface area contributed by atoms with Crippen LogP contribution in [0.5, 0.6) is 0 Å². The SMILES string of the molecule is CC(=O)O[C@@H]1[C@H]2CC[C@@H](O)[C@@H]1C2. The number of fused-ring (bicyclic) bond motifs is 2. The van der Waals surface area contributed by atoms with Crippen molar-refractivity contribution >= 4 is 5.97 Å². The van der Waals surface area contributed by atoms with Crippen molar-refractivity contribution in [2.75, 3.05) is 0 Å². The summed E-state index contributed by atoms with van der Waals surface area (Å²) in [7, 11) is 0. The highest BCUT2D eigenvalue weighted by Crippen LogP contribution is 2.47. The Morgan fingerprint density at radius 2 is 2.25 bits per heavy atom. The average Bonchev–Trinajstić information content (AvgIpc) is 1.99. The number of rotatable bonds is 1. The Morgan fingerprint density at radius 3 is 2.75 bits per heavy atom. The molecule has 0 aliphatic heterocycles. The molecule has 3 rings (SSSR count). The van der Waals surface area contributed by atoms with E-state index in [1.54, 1.807) is 0 Å². The van der Waals surface area contributed by atoms with Crippen molar-refractivity contribution in [1.82, 2.24) is 0 Å². The minimum atomic E-state index is -0.237. The molecule has 3 fully saturated rings. The Morgan fingerprint density at radius 1 is 1.50 bits per heavy atom. The van der Waals surface area contributed by atoms with Gasteiger partial charge in [0.05, 0.1) is 6.10 Å². The van der Waals surface area contributed by atoms with Crippen LogP contribution in [0.15, 0.2) is 0 Å². The lowest BCUT2D eigenvalue weighted by Gasteiger charge is -2.50. The quantitative estimate of drug-likeness (QED) is 0.589. The summed E-state index contributed by atoms with van der Waals surface area (Å²) in [6.45, 7) is 1.43.